The van der Waals surface area contributed by atoms with Gasteiger partial charge in [0.25, 0.3) is 0 Å². The lowest BCUT2D eigenvalue weighted by atomic mass is 10.2. The largest absolute Gasteiger partial charge is 0.326 e. The van der Waals surface area contributed by atoms with Gasteiger partial charge in [0.05, 0.1) is 0 Å². The van der Waals surface area contributed by atoms with Crippen LogP contribution in [-0.2, 0) is 4.79 Å². The number of carbonyl (C=O) groups is 1. The zero-order valence-electron chi connectivity index (χ0n) is 9.14. The molecule has 0 aliphatic rings. The molecule has 1 aromatic rings. The van der Waals surface area contributed by atoms with E-state index in [1.807, 2.05) is 19.1 Å². The second kappa shape index (κ2) is 5.76. The van der Waals surface area contributed by atoms with Crippen LogP contribution in [0.2, 0.25) is 5.02 Å². The summed E-state index contributed by atoms with van der Waals surface area (Å²) >= 11 is 5.95. The minimum absolute atomic E-state index is 0.0526. The zero-order valence-corrected chi connectivity index (χ0v) is 9.90. The van der Waals surface area contributed by atoms with Gasteiger partial charge in [-0.15, -0.1) is 0 Å². The number of rotatable bonds is 4. The maximum absolute atomic E-state index is 11.4. The summed E-state index contributed by atoms with van der Waals surface area (Å²) < 4.78 is 0. The van der Waals surface area contributed by atoms with Crippen molar-refractivity contribution in [1.29, 1.82) is 0 Å². The summed E-state index contributed by atoms with van der Waals surface area (Å²) in [5.74, 6) is 0.0526. The van der Waals surface area contributed by atoms with E-state index in [9.17, 15) is 4.79 Å². The van der Waals surface area contributed by atoms with Gasteiger partial charge in [-0.05, 0) is 31.0 Å². The van der Waals surface area contributed by atoms with Crippen molar-refractivity contribution in [1.82, 2.24) is 0 Å². The van der Waals surface area contributed by atoms with Gasteiger partial charge in [0.1, 0.15) is 0 Å². The molecule has 0 radical (unpaired) electrons. The average molecular weight is 226 g/mol. The van der Waals surface area contributed by atoms with Gasteiger partial charge >= 0.3 is 0 Å². The summed E-state index contributed by atoms with van der Waals surface area (Å²) in [6.07, 6.45) is 2.52. The van der Waals surface area contributed by atoms with Gasteiger partial charge in [-0.2, -0.15) is 0 Å². The second-order valence-corrected chi connectivity index (χ2v) is 4.02. The number of unbranched alkanes of at least 4 members (excludes halogenated alkanes) is 1. The molecule has 0 aromatic heterocycles. The Labute approximate surface area is 95.6 Å². The first-order chi connectivity index (χ1) is 7.13. The molecule has 15 heavy (non-hydrogen) atoms. The van der Waals surface area contributed by atoms with Crippen molar-refractivity contribution in [3.63, 3.8) is 0 Å². The van der Waals surface area contributed by atoms with Crippen LogP contribution in [-0.4, -0.2) is 5.91 Å². The average Bonchev–Trinajstić information content (AvgIpc) is 2.20. The number of hydrogen-bond donors (Lipinski definition) is 1. The summed E-state index contributed by atoms with van der Waals surface area (Å²) in [6.45, 7) is 4.00. The molecule has 0 fully saturated rings. The normalized spacial score (nSPS) is 10.1. The summed E-state index contributed by atoms with van der Waals surface area (Å²) in [4.78, 5) is 11.4. The summed E-state index contributed by atoms with van der Waals surface area (Å²) in [6, 6.07) is 5.55. The van der Waals surface area contributed by atoms with E-state index in [4.69, 9.17) is 11.6 Å². The van der Waals surface area contributed by atoms with E-state index in [1.54, 1.807) is 6.07 Å². The highest BCUT2D eigenvalue weighted by atomic mass is 35.5. The van der Waals surface area contributed by atoms with E-state index in [-0.39, 0.29) is 5.91 Å². The lowest BCUT2D eigenvalue weighted by molar-refractivity contribution is -0.116. The van der Waals surface area contributed by atoms with Crippen LogP contribution in [0.15, 0.2) is 18.2 Å². The molecule has 0 spiro atoms. The number of aryl methyl sites for hydroxylation is 1. The van der Waals surface area contributed by atoms with Crippen LogP contribution >= 0.6 is 11.6 Å². The summed E-state index contributed by atoms with van der Waals surface area (Å²) in [5, 5.41) is 3.50. The predicted molar refractivity (Wildman–Crippen MR) is 64.3 cm³/mol. The number of anilines is 1. The molecule has 0 aliphatic heterocycles. The molecule has 82 valence electrons. The molecule has 1 amide bonds. The minimum Gasteiger partial charge on any atom is -0.326 e. The Morgan fingerprint density at radius 1 is 1.47 bits per heavy atom. The van der Waals surface area contributed by atoms with Crippen LogP contribution in [0, 0.1) is 6.92 Å². The Morgan fingerprint density at radius 3 is 2.80 bits per heavy atom. The molecular formula is C12H16ClNO. The number of nitrogens with one attached hydrogen (secondary N) is 1. The van der Waals surface area contributed by atoms with Gasteiger partial charge in [0, 0.05) is 17.1 Å². The fourth-order valence-electron chi connectivity index (χ4n) is 1.23. The molecule has 0 unspecified atom stereocenters. The monoisotopic (exact) mass is 225 g/mol. The highest BCUT2D eigenvalue weighted by Crippen LogP contribution is 2.20. The molecule has 3 heteroatoms. The maximum Gasteiger partial charge on any atom is 0.224 e. The number of benzene rings is 1. The Morgan fingerprint density at radius 2 is 2.20 bits per heavy atom. The molecule has 2 nitrogen and oxygen atoms in total. The zero-order chi connectivity index (χ0) is 11.3. The summed E-state index contributed by atoms with van der Waals surface area (Å²) in [5.41, 5.74) is 1.79. The van der Waals surface area contributed by atoms with E-state index >= 15 is 0 Å². The van der Waals surface area contributed by atoms with Gasteiger partial charge < -0.3 is 5.32 Å². The van der Waals surface area contributed by atoms with E-state index < -0.39 is 0 Å². The topological polar surface area (TPSA) is 29.1 Å². The molecular weight excluding hydrogens is 210 g/mol. The first kappa shape index (κ1) is 12.1. The Hall–Kier alpha value is -1.02. The molecule has 1 N–H and O–H groups in total. The quantitative estimate of drug-likeness (QED) is 0.830. The van der Waals surface area contributed by atoms with Crippen molar-refractivity contribution in [3.05, 3.63) is 28.8 Å². The van der Waals surface area contributed by atoms with Crippen molar-refractivity contribution in [2.75, 3.05) is 5.32 Å². The smallest absolute Gasteiger partial charge is 0.224 e. The minimum atomic E-state index is 0.0526. The third-order valence-electron chi connectivity index (χ3n) is 2.21. The lowest BCUT2D eigenvalue weighted by Gasteiger charge is -2.06. The second-order valence-electron chi connectivity index (χ2n) is 3.62. The first-order valence-electron chi connectivity index (χ1n) is 5.19. The van der Waals surface area contributed by atoms with Gasteiger partial charge in [-0.1, -0.05) is 31.0 Å². The molecule has 1 rings (SSSR count). The van der Waals surface area contributed by atoms with Crippen LogP contribution in [0.5, 0.6) is 0 Å². The van der Waals surface area contributed by atoms with Gasteiger partial charge in [0.2, 0.25) is 5.91 Å². The molecule has 0 heterocycles. The highest BCUT2D eigenvalue weighted by Gasteiger charge is 2.02. The third-order valence-corrected chi connectivity index (χ3v) is 2.62. The SMILES string of the molecule is CCCCC(=O)Nc1ccc(C)c(Cl)c1. The lowest BCUT2D eigenvalue weighted by Crippen LogP contribution is -2.10. The van der Waals surface area contributed by atoms with E-state index in [0.29, 0.717) is 11.4 Å². The molecule has 0 saturated heterocycles. The van der Waals surface area contributed by atoms with Crippen LogP contribution in [0.4, 0.5) is 5.69 Å². The van der Waals surface area contributed by atoms with E-state index in [2.05, 4.69) is 12.2 Å². The number of carbonyl (C=O) groups excluding carboxylic acids is 1. The van der Waals surface area contributed by atoms with E-state index in [1.165, 1.54) is 0 Å². The highest BCUT2D eigenvalue weighted by molar-refractivity contribution is 6.31. The third kappa shape index (κ3) is 3.92. The molecule has 0 bridgehead atoms. The molecule has 0 saturated carbocycles. The molecule has 0 atom stereocenters. The van der Waals surface area contributed by atoms with Crippen molar-refractivity contribution in [3.8, 4) is 0 Å². The van der Waals surface area contributed by atoms with Crippen molar-refractivity contribution in [2.45, 2.75) is 33.1 Å². The van der Waals surface area contributed by atoms with Crippen LogP contribution in [0.3, 0.4) is 0 Å². The van der Waals surface area contributed by atoms with Gasteiger partial charge in [-0.25, -0.2) is 0 Å². The predicted octanol–water partition coefficient (Wildman–Crippen LogP) is 3.78. The fourth-order valence-corrected chi connectivity index (χ4v) is 1.41. The van der Waals surface area contributed by atoms with E-state index in [0.717, 1.165) is 24.1 Å². The van der Waals surface area contributed by atoms with Crippen LogP contribution < -0.4 is 5.32 Å². The Balaban J connectivity index is 2.57. The van der Waals surface area contributed by atoms with Crippen LogP contribution in [0.1, 0.15) is 31.7 Å². The Bertz CT molecular complexity index is 349. The number of halogens is 1. The van der Waals surface area contributed by atoms with Gasteiger partial charge in [0.15, 0.2) is 0 Å². The molecule has 0 aliphatic carbocycles. The standard InChI is InChI=1S/C12H16ClNO/c1-3-4-5-12(15)14-10-7-6-9(2)11(13)8-10/h6-8H,3-5H2,1-2H3,(H,14,15). The van der Waals surface area contributed by atoms with Crippen LogP contribution in [0.25, 0.3) is 0 Å². The summed E-state index contributed by atoms with van der Waals surface area (Å²) in [7, 11) is 0. The van der Waals surface area contributed by atoms with Gasteiger partial charge in [-0.3, -0.25) is 4.79 Å². The number of hydrogen-bond acceptors (Lipinski definition) is 1. The van der Waals surface area contributed by atoms with Crippen molar-refractivity contribution >= 4 is 23.2 Å². The number of amides is 1. The maximum atomic E-state index is 11.4. The fraction of sp³-hybridized carbons (Fsp3) is 0.417. The first-order valence-corrected chi connectivity index (χ1v) is 5.57. The Kier molecular flexibility index (Phi) is 4.63. The van der Waals surface area contributed by atoms with Crippen molar-refractivity contribution in [2.24, 2.45) is 0 Å². The molecule has 1 aromatic carbocycles. The van der Waals surface area contributed by atoms with Crippen molar-refractivity contribution < 1.29 is 4.79 Å².